The fourth-order valence-electron chi connectivity index (χ4n) is 1.87. The van der Waals surface area contributed by atoms with Crippen LogP contribution < -0.4 is 0 Å². The van der Waals surface area contributed by atoms with Gasteiger partial charge in [0.25, 0.3) is 0 Å². The Hall–Kier alpha value is -1.32. The molecule has 0 atom stereocenters. The average Bonchev–Trinajstić information content (AvgIpc) is 2.42. The fraction of sp³-hybridized carbons (Fsp3) is 0.750. The summed E-state index contributed by atoms with van der Waals surface area (Å²) < 4.78 is 5.19. The molecule has 4 nitrogen and oxygen atoms in total. The van der Waals surface area contributed by atoms with Gasteiger partial charge in [-0.3, -0.25) is 0 Å². The van der Waals surface area contributed by atoms with Crippen LogP contribution in [0.15, 0.2) is 11.1 Å². The first-order valence-electron chi connectivity index (χ1n) is 7.70. The molecule has 0 fully saturated rings. The zero-order chi connectivity index (χ0) is 15.4. The molecule has 0 unspecified atom stereocenters. The van der Waals surface area contributed by atoms with Crippen molar-refractivity contribution in [2.45, 2.75) is 72.1 Å². The van der Waals surface area contributed by atoms with E-state index in [1.165, 1.54) is 0 Å². The fourth-order valence-corrected chi connectivity index (χ4v) is 1.87. The maximum absolute atomic E-state index is 12.1. The van der Waals surface area contributed by atoms with Gasteiger partial charge in [-0.25, -0.2) is 9.59 Å². The number of esters is 1. The van der Waals surface area contributed by atoms with Crippen LogP contribution in [0.25, 0.3) is 0 Å². The highest BCUT2D eigenvalue weighted by Gasteiger charge is 2.20. The summed E-state index contributed by atoms with van der Waals surface area (Å²) in [6.07, 6.45) is 6.10. The van der Waals surface area contributed by atoms with Gasteiger partial charge in [0.05, 0.1) is 6.61 Å². The van der Waals surface area contributed by atoms with Gasteiger partial charge in [0, 0.05) is 11.1 Å². The van der Waals surface area contributed by atoms with Crippen LogP contribution in [0.5, 0.6) is 0 Å². The van der Waals surface area contributed by atoms with Gasteiger partial charge in [0.2, 0.25) is 0 Å². The Morgan fingerprint density at radius 2 is 1.35 bits per heavy atom. The zero-order valence-corrected chi connectivity index (χ0v) is 13.0. The maximum Gasteiger partial charge on any atom is 0.334 e. The van der Waals surface area contributed by atoms with E-state index >= 15 is 0 Å². The van der Waals surface area contributed by atoms with Crippen molar-refractivity contribution >= 4 is 11.9 Å². The molecule has 0 aliphatic carbocycles. The number of carboxylic acids is 1. The van der Waals surface area contributed by atoms with E-state index in [0.717, 1.165) is 38.5 Å². The highest BCUT2D eigenvalue weighted by Crippen LogP contribution is 2.20. The van der Waals surface area contributed by atoms with Crippen LogP contribution in [-0.2, 0) is 14.3 Å². The van der Waals surface area contributed by atoms with E-state index in [-0.39, 0.29) is 5.57 Å². The summed E-state index contributed by atoms with van der Waals surface area (Å²) in [7, 11) is 0. The topological polar surface area (TPSA) is 63.6 Å². The lowest BCUT2D eigenvalue weighted by atomic mass is 9.98. The van der Waals surface area contributed by atoms with Gasteiger partial charge in [-0.1, -0.05) is 40.0 Å². The highest BCUT2D eigenvalue weighted by atomic mass is 16.5. The van der Waals surface area contributed by atoms with Gasteiger partial charge in [-0.15, -0.1) is 0 Å². The van der Waals surface area contributed by atoms with Gasteiger partial charge in [-0.2, -0.15) is 0 Å². The Morgan fingerprint density at radius 3 is 1.80 bits per heavy atom. The van der Waals surface area contributed by atoms with E-state index in [4.69, 9.17) is 4.74 Å². The summed E-state index contributed by atoms with van der Waals surface area (Å²) >= 11 is 0. The standard InChI is InChI=1S/C16H28O4/c1-4-7-10-13(15(17)18)14(11-8-5-2)16(19)20-12-9-6-3/h4-12H2,1-3H3,(H,17,18)/b14-13-. The molecule has 0 heterocycles. The first-order valence-corrected chi connectivity index (χ1v) is 7.70. The molecule has 0 aromatic heterocycles. The SMILES string of the molecule is CCCCOC(=O)/C(CCCC)=C(/CCCC)C(=O)O. The minimum atomic E-state index is -0.989. The second-order valence-corrected chi connectivity index (χ2v) is 4.96. The zero-order valence-electron chi connectivity index (χ0n) is 13.0. The monoisotopic (exact) mass is 284 g/mol. The third-order valence-electron chi connectivity index (χ3n) is 3.16. The van der Waals surface area contributed by atoms with E-state index in [0.29, 0.717) is 25.0 Å². The third-order valence-corrected chi connectivity index (χ3v) is 3.16. The van der Waals surface area contributed by atoms with E-state index in [9.17, 15) is 14.7 Å². The quantitative estimate of drug-likeness (QED) is 0.352. The van der Waals surface area contributed by atoms with Crippen molar-refractivity contribution in [2.75, 3.05) is 6.61 Å². The summed E-state index contributed by atoms with van der Waals surface area (Å²) in [5, 5.41) is 9.32. The molecule has 0 rings (SSSR count). The van der Waals surface area contributed by atoms with Gasteiger partial charge in [0.1, 0.15) is 0 Å². The van der Waals surface area contributed by atoms with Crippen LogP contribution in [0.3, 0.4) is 0 Å². The smallest absolute Gasteiger partial charge is 0.334 e. The summed E-state index contributed by atoms with van der Waals surface area (Å²) in [5.74, 6) is -1.43. The number of aliphatic carboxylic acids is 1. The van der Waals surface area contributed by atoms with Crippen LogP contribution >= 0.6 is 0 Å². The number of rotatable bonds is 11. The molecule has 0 aliphatic heterocycles. The van der Waals surface area contributed by atoms with Crippen LogP contribution in [0.4, 0.5) is 0 Å². The third kappa shape index (κ3) is 7.31. The van der Waals surface area contributed by atoms with E-state index in [1.807, 2.05) is 20.8 Å². The van der Waals surface area contributed by atoms with Crippen molar-refractivity contribution in [1.82, 2.24) is 0 Å². The van der Waals surface area contributed by atoms with Crippen LogP contribution in [0.2, 0.25) is 0 Å². The molecule has 20 heavy (non-hydrogen) atoms. The van der Waals surface area contributed by atoms with Crippen molar-refractivity contribution < 1.29 is 19.4 Å². The van der Waals surface area contributed by atoms with Gasteiger partial charge < -0.3 is 9.84 Å². The van der Waals surface area contributed by atoms with Crippen LogP contribution in [-0.4, -0.2) is 23.7 Å². The van der Waals surface area contributed by atoms with E-state index in [1.54, 1.807) is 0 Å². The van der Waals surface area contributed by atoms with E-state index < -0.39 is 11.9 Å². The molecule has 4 heteroatoms. The molecular weight excluding hydrogens is 256 g/mol. The first kappa shape index (κ1) is 18.7. The number of carboxylic acid groups (broad SMARTS) is 1. The summed E-state index contributed by atoms with van der Waals surface area (Å²) in [6, 6.07) is 0. The molecule has 0 spiro atoms. The van der Waals surface area contributed by atoms with E-state index in [2.05, 4.69) is 0 Å². The van der Waals surface area contributed by atoms with Crippen molar-refractivity contribution in [2.24, 2.45) is 0 Å². The summed E-state index contributed by atoms with van der Waals surface area (Å²) in [6.45, 7) is 6.41. The number of ether oxygens (including phenoxy) is 1. The van der Waals surface area contributed by atoms with Crippen molar-refractivity contribution in [3.05, 3.63) is 11.1 Å². The largest absolute Gasteiger partial charge is 0.478 e. The van der Waals surface area contributed by atoms with Gasteiger partial charge in [-0.05, 0) is 32.1 Å². The molecule has 0 aliphatic rings. The predicted molar refractivity (Wildman–Crippen MR) is 79.6 cm³/mol. The molecule has 0 amide bonds. The second-order valence-electron chi connectivity index (χ2n) is 4.96. The minimum Gasteiger partial charge on any atom is -0.478 e. The molecule has 0 saturated carbocycles. The average molecular weight is 284 g/mol. The molecule has 116 valence electrons. The molecule has 0 radical (unpaired) electrons. The Labute approximate surface area is 122 Å². The lowest BCUT2D eigenvalue weighted by Gasteiger charge is -2.12. The van der Waals surface area contributed by atoms with Crippen molar-refractivity contribution in [3.8, 4) is 0 Å². The molecule has 0 saturated heterocycles. The lowest BCUT2D eigenvalue weighted by Crippen LogP contribution is -2.15. The Morgan fingerprint density at radius 1 is 0.850 bits per heavy atom. The number of hydrogen-bond acceptors (Lipinski definition) is 3. The Bertz CT molecular complexity index is 331. The molecule has 1 N–H and O–H groups in total. The first-order chi connectivity index (χ1) is 9.58. The second kappa shape index (κ2) is 11.5. The van der Waals surface area contributed by atoms with Crippen molar-refractivity contribution in [1.29, 1.82) is 0 Å². The molecular formula is C16H28O4. The molecule has 0 aromatic carbocycles. The van der Waals surface area contributed by atoms with Crippen LogP contribution in [0, 0.1) is 0 Å². The van der Waals surface area contributed by atoms with Gasteiger partial charge >= 0.3 is 11.9 Å². The minimum absolute atomic E-state index is 0.238. The number of unbranched alkanes of at least 4 members (excludes halogenated alkanes) is 3. The Balaban J connectivity index is 5.02. The number of hydrogen-bond donors (Lipinski definition) is 1. The van der Waals surface area contributed by atoms with Crippen LogP contribution in [0.1, 0.15) is 72.1 Å². The Kier molecular flexibility index (Phi) is 10.7. The van der Waals surface area contributed by atoms with Crippen molar-refractivity contribution in [3.63, 3.8) is 0 Å². The van der Waals surface area contributed by atoms with Gasteiger partial charge in [0.15, 0.2) is 0 Å². The summed E-state index contributed by atoms with van der Waals surface area (Å²) in [4.78, 5) is 23.5. The molecule has 0 aromatic rings. The predicted octanol–water partition coefficient (Wildman–Crippen LogP) is 4.09. The normalized spacial score (nSPS) is 11.9. The number of carbonyl (C=O) groups is 2. The highest BCUT2D eigenvalue weighted by molar-refractivity contribution is 5.99. The summed E-state index contributed by atoms with van der Waals surface area (Å²) in [5.41, 5.74) is 0.603. The number of carbonyl (C=O) groups excluding carboxylic acids is 1. The maximum atomic E-state index is 12.1. The molecule has 0 bridgehead atoms. The lowest BCUT2D eigenvalue weighted by molar-refractivity contribution is -0.140.